The highest BCUT2D eigenvalue weighted by Crippen LogP contribution is 2.06. The van der Waals surface area contributed by atoms with Crippen molar-refractivity contribution in [1.82, 2.24) is 4.90 Å². The molecule has 1 rings (SSSR count). The first-order valence-electron chi connectivity index (χ1n) is 5.78. The van der Waals surface area contributed by atoms with Gasteiger partial charge in [-0.1, -0.05) is 13.8 Å². The van der Waals surface area contributed by atoms with Gasteiger partial charge < -0.3 is 4.74 Å². The summed E-state index contributed by atoms with van der Waals surface area (Å²) in [6, 6.07) is 0. The predicted octanol–water partition coefficient (Wildman–Crippen LogP) is 1.75. The van der Waals surface area contributed by atoms with Gasteiger partial charge in [0.25, 0.3) is 11.8 Å². The van der Waals surface area contributed by atoms with Crippen molar-refractivity contribution in [2.45, 2.75) is 33.1 Å². The smallest absolute Gasteiger partial charge is 0.253 e. The van der Waals surface area contributed by atoms with Crippen molar-refractivity contribution in [3.8, 4) is 0 Å². The van der Waals surface area contributed by atoms with Crippen LogP contribution in [0.15, 0.2) is 12.2 Å². The molecule has 0 aromatic heterocycles. The van der Waals surface area contributed by atoms with E-state index in [-0.39, 0.29) is 11.8 Å². The molecule has 0 radical (unpaired) electrons. The van der Waals surface area contributed by atoms with Crippen molar-refractivity contribution < 1.29 is 14.3 Å². The molecule has 1 heterocycles. The van der Waals surface area contributed by atoms with Crippen LogP contribution in [0.4, 0.5) is 0 Å². The van der Waals surface area contributed by atoms with Gasteiger partial charge in [-0.25, -0.2) is 0 Å². The van der Waals surface area contributed by atoms with E-state index in [0.29, 0.717) is 6.54 Å². The first kappa shape index (κ1) is 14.8. The van der Waals surface area contributed by atoms with Crippen LogP contribution < -0.4 is 0 Å². The third-order valence-electron chi connectivity index (χ3n) is 2.13. The summed E-state index contributed by atoms with van der Waals surface area (Å²) in [4.78, 5) is 23.5. The molecule has 0 saturated carbocycles. The summed E-state index contributed by atoms with van der Waals surface area (Å²) < 4.78 is 4.90. The molecule has 0 aromatic rings. The van der Waals surface area contributed by atoms with Crippen molar-refractivity contribution in [3.05, 3.63) is 12.2 Å². The van der Waals surface area contributed by atoms with Gasteiger partial charge in [-0.3, -0.25) is 14.5 Å². The van der Waals surface area contributed by atoms with Crippen LogP contribution in [0.5, 0.6) is 0 Å². The monoisotopic (exact) mass is 227 g/mol. The Kier molecular flexibility index (Phi) is 8.43. The lowest BCUT2D eigenvalue weighted by Crippen LogP contribution is -2.30. The summed E-state index contributed by atoms with van der Waals surface area (Å²) >= 11 is 0. The van der Waals surface area contributed by atoms with E-state index in [1.54, 1.807) is 7.11 Å². The second-order valence-corrected chi connectivity index (χ2v) is 3.21. The van der Waals surface area contributed by atoms with Crippen LogP contribution in [-0.4, -0.2) is 37.0 Å². The number of carbonyl (C=O) groups is 2. The summed E-state index contributed by atoms with van der Waals surface area (Å²) in [6.07, 6.45) is 5.43. The van der Waals surface area contributed by atoms with Gasteiger partial charge in [-0.2, -0.15) is 0 Å². The Morgan fingerprint density at radius 2 is 1.62 bits per heavy atom. The van der Waals surface area contributed by atoms with Crippen molar-refractivity contribution in [3.63, 3.8) is 0 Å². The van der Waals surface area contributed by atoms with Gasteiger partial charge in [0, 0.05) is 32.4 Å². The van der Waals surface area contributed by atoms with Crippen LogP contribution in [0.25, 0.3) is 0 Å². The first-order chi connectivity index (χ1) is 7.75. The molecule has 4 heteroatoms. The highest BCUT2D eigenvalue weighted by Gasteiger charge is 2.21. The van der Waals surface area contributed by atoms with Gasteiger partial charge in [0.1, 0.15) is 0 Å². The summed E-state index contributed by atoms with van der Waals surface area (Å²) in [5.74, 6) is -0.386. The number of rotatable bonds is 6. The molecule has 0 N–H and O–H groups in total. The molecule has 92 valence electrons. The van der Waals surface area contributed by atoms with E-state index in [1.807, 2.05) is 13.8 Å². The van der Waals surface area contributed by atoms with Crippen molar-refractivity contribution in [1.29, 1.82) is 0 Å². The van der Waals surface area contributed by atoms with Crippen LogP contribution in [-0.2, 0) is 14.3 Å². The molecular formula is C12H21NO3. The zero-order valence-corrected chi connectivity index (χ0v) is 10.4. The molecule has 0 atom stereocenters. The topological polar surface area (TPSA) is 46.6 Å². The zero-order valence-electron chi connectivity index (χ0n) is 10.4. The Balaban J connectivity index is 0.00000106. The van der Waals surface area contributed by atoms with Crippen molar-refractivity contribution >= 4 is 11.8 Å². The lowest BCUT2D eigenvalue weighted by Gasteiger charge is -2.12. The van der Waals surface area contributed by atoms with E-state index in [0.717, 1.165) is 25.9 Å². The number of imide groups is 1. The summed E-state index contributed by atoms with van der Waals surface area (Å²) in [5, 5.41) is 0. The van der Waals surface area contributed by atoms with Gasteiger partial charge in [0.2, 0.25) is 0 Å². The largest absolute Gasteiger partial charge is 0.385 e. The van der Waals surface area contributed by atoms with Gasteiger partial charge >= 0.3 is 0 Å². The maximum absolute atomic E-state index is 11.1. The number of hydrogen-bond donors (Lipinski definition) is 0. The molecule has 1 aliphatic rings. The molecule has 16 heavy (non-hydrogen) atoms. The lowest BCUT2D eigenvalue weighted by atomic mass is 10.2. The standard InChI is InChI=1S/C10H15NO3.C2H6/c1-14-8-4-2-3-7-11-9(12)5-6-10(11)13;1-2/h5-6H,2-4,7-8H2,1H3;1-2H3. The minimum atomic E-state index is -0.193. The molecule has 4 nitrogen and oxygen atoms in total. The quantitative estimate of drug-likeness (QED) is 0.513. The molecule has 2 amide bonds. The van der Waals surface area contributed by atoms with Crippen LogP contribution in [0, 0.1) is 0 Å². The van der Waals surface area contributed by atoms with Gasteiger partial charge in [-0.15, -0.1) is 0 Å². The van der Waals surface area contributed by atoms with Gasteiger partial charge in [0.05, 0.1) is 0 Å². The molecule has 0 bridgehead atoms. The third kappa shape index (κ3) is 5.07. The predicted molar refractivity (Wildman–Crippen MR) is 62.9 cm³/mol. The zero-order chi connectivity index (χ0) is 12.4. The second kappa shape index (κ2) is 9.09. The highest BCUT2D eigenvalue weighted by molar-refractivity contribution is 6.12. The van der Waals surface area contributed by atoms with E-state index in [2.05, 4.69) is 0 Å². The van der Waals surface area contributed by atoms with Gasteiger partial charge in [-0.05, 0) is 19.3 Å². The van der Waals surface area contributed by atoms with Crippen LogP contribution >= 0.6 is 0 Å². The van der Waals surface area contributed by atoms with Gasteiger partial charge in [0.15, 0.2) is 0 Å². The third-order valence-corrected chi connectivity index (χ3v) is 2.13. The number of methoxy groups -OCH3 is 1. The molecule has 0 spiro atoms. The van der Waals surface area contributed by atoms with E-state index in [1.165, 1.54) is 17.1 Å². The second-order valence-electron chi connectivity index (χ2n) is 3.21. The molecule has 0 saturated heterocycles. The number of carbonyl (C=O) groups excluding carboxylic acids is 2. The number of unbranched alkanes of at least 4 members (excludes halogenated alkanes) is 2. The molecular weight excluding hydrogens is 206 g/mol. The van der Waals surface area contributed by atoms with Crippen molar-refractivity contribution in [2.24, 2.45) is 0 Å². The van der Waals surface area contributed by atoms with Crippen LogP contribution in [0.2, 0.25) is 0 Å². The number of amides is 2. The summed E-state index contributed by atoms with van der Waals surface area (Å²) in [5.41, 5.74) is 0. The average Bonchev–Trinajstić information content (AvgIpc) is 2.62. The highest BCUT2D eigenvalue weighted by atomic mass is 16.5. The molecule has 1 aliphatic heterocycles. The first-order valence-corrected chi connectivity index (χ1v) is 5.78. The Hall–Kier alpha value is -1.16. The SMILES string of the molecule is CC.COCCCCCN1C(=O)C=CC1=O. The number of ether oxygens (including phenoxy) is 1. The average molecular weight is 227 g/mol. The van der Waals surface area contributed by atoms with E-state index >= 15 is 0 Å². The van der Waals surface area contributed by atoms with E-state index in [9.17, 15) is 9.59 Å². The number of hydrogen-bond acceptors (Lipinski definition) is 3. The Morgan fingerprint density at radius 1 is 1.06 bits per heavy atom. The van der Waals surface area contributed by atoms with Crippen LogP contribution in [0.1, 0.15) is 33.1 Å². The fourth-order valence-corrected chi connectivity index (χ4v) is 1.34. The molecule has 0 unspecified atom stereocenters. The lowest BCUT2D eigenvalue weighted by molar-refractivity contribution is -0.136. The fourth-order valence-electron chi connectivity index (χ4n) is 1.34. The molecule has 0 aromatic carbocycles. The minimum absolute atomic E-state index is 0.193. The minimum Gasteiger partial charge on any atom is -0.385 e. The normalized spacial score (nSPS) is 14.1. The molecule has 0 fully saturated rings. The maximum Gasteiger partial charge on any atom is 0.253 e. The van der Waals surface area contributed by atoms with E-state index < -0.39 is 0 Å². The Labute approximate surface area is 97.3 Å². The van der Waals surface area contributed by atoms with Crippen molar-refractivity contribution in [2.75, 3.05) is 20.3 Å². The summed E-state index contributed by atoms with van der Waals surface area (Å²) in [6.45, 7) is 5.26. The molecule has 0 aliphatic carbocycles. The van der Waals surface area contributed by atoms with Crippen LogP contribution in [0.3, 0.4) is 0 Å². The Bertz CT molecular complexity index is 231. The van der Waals surface area contributed by atoms with E-state index in [4.69, 9.17) is 4.74 Å². The summed E-state index contributed by atoms with van der Waals surface area (Å²) in [7, 11) is 1.66. The Morgan fingerprint density at radius 3 is 2.12 bits per heavy atom. The number of nitrogens with zero attached hydrogens (tertiary/aromatic N) is 1. The maximum atomic E-state index is 11.1. The fraction of sp³-hybridized carbons (Fsp3) is 0.667.